The van der Waals surface area contributed by atoms with Crippen LogP contribution in [0.4, 0.5) is 18.3 Å². The molecule has 0 unspecified atom stereocenters. The summed E-state index contributed by atoms with van der Waals surface area (Å²) in [5.41, 5.74) is -0.241. The number of nitrogens with zero attached hydrogens (tertiary/aromatic N) is 2. The summed E-state index contributed by atoms with van der Waals surface area (Å²) in [6, 6.07) is 4.16. The van der Waals surface area contributed by atoms with Gasteiger partial charge in [0, 0.05) is 28.8 Å². The fourth-order valence-electron chi connectivity index (χ4n) is 2.40. The molecule has 1 N–H and O–H groups in total. The van der Waals surface area contributed by atoms with E-state index in [1.54, 1.807) is 6.07 Å². The van der Waals surface area contributed by atoms with Crippen molar-refractivity contribution in [3.05, 3.63) is 56.6 Å². The molecule has 132 valence electrons. The third kappa shape index (κ3) is 4.13. The number of nitro groups is 1. The molecule has 0 bridgehead atoms. The summed E-state index contributed by atoms with van der Waals surface area (Å²) in [5, 5.41) is 13.4. The van der Waals surface area contributed by atoms with Crippen LogP contribution in [0, 0.1) is 16.0 Å². The summed E-state index contributed by atoms with van der Waals surface area (Å²) in [6.45, 7) is 0. The van der Waals surface area contributed by atoms with Gasteiger partial charge in [0.2, 0.25) is 11.9 Å². The van der Waals surface area contributed by atoms with Gasteiger partial charge in [-0.3, -0.25) is 14.9 Å². The van der Waals surface area contributed by atoms with Gasteiger partial charge in [-0.25, -0.2) is 4.98 Å². The Labute approximate surface area is 143 Å². The van der Waals surface area contributed by atoms with Gasteiger partial charge in [0.1, 0.15) is 5.92 Å². The molecule has 1 aromatic carbocycles. The van der Waals surface area contributed by atoms with Crippen LogP contribution in [0.15, 0.2) is 30.5 Å². The number of benzene rings is 1. The van der Waals surface area contributed by atoms with Gasteiger partial charge >= 0.3 is 6.18 Å². The van der Waals surface area contributed by atoms with Crippen LogP contribution < -0.4 is 5.32 Å². The average molecular weight is 371 g/mol. The minimum atomic E-state index is -4.40. The van der Waals surface area contributed by atoms with Gasteiger partial charge in [-0.2, -0.15) is 13.2 Å². The van der Waals surface area contributed by atoms with Crippen LogP contribution in [0.25, 0.3) is 0 Å². The van der Waals surface area contributed by atoms with Crippen molar-refractivity contribution in [3.8, 4) is 0 Å². The van der Waals surface area contributed by atoms with E-state index in [2.05, 4.69) is 10.3 Å². The van der Waals surface area contributed by atoms with Gasteiger partial charge in [-0.1, -0.05) is 18.2 Å². The molecule has 0 spiro atoms. The Morgan fingerprint density at radius 1 is 1.44 bits per heavy atom. The highest BCUT2D eigenvalue weighted by Crippen LogP contribution is 2.35. The molecule has 0 aliphatic heterocycles. The smallest absolute Gasteiger partial charge is 0.301 e. The number of amides is 1. The second-order valence-corrected chi connectivity index (χ2v) is 6.81. The fourth-order valence-corrected chi connectivity index (χ4v) is 3.25. The lowest BCUT2D eigenvalue weighted by atomic mass is 10.1. The highest BCUT2D eigenvalue weighted by Gasteiger charge is 2.53. The first kappa shape index (κ1) is 17.3. The Balaban J connectivity index is 1.63. The zero-order chi connectivity index (χ0) is 18.2. The summed E-state index contributed by atoms with van der Waals surface area (Å²) < 4.78 is 38.2. The number of rotatable bonds is 5. The van der Waals surface area contributed by atoms with Crippen molar-refractivity contribution in [2.75, 3.05) is 5.32 Å². The van der Waals surface area contributed by atoms with Crippen molar-refractivity contribution in [2.24, 2.45) is 5.92 Å². The second kappa shape index (κ2) is 6.43. The van der Waals surface area contributed by atoms with Crippen molar-refractivity contribution < 1.29 is 22.9 Å². The summed E-state index contributed by atoms with van der Waals surface area (Å²) >= 11 is 1.13. The molecule has 1 aliphatic rings. The van der Waals surface area contributed by atoms with Crippen molar-refractivity contribution >= 4 is 22.4 Å². The van der Waals surface area contributed by atoms with E-state index in [1.807, 2.05) is 0 Å². The van der Waals surface area contributed by atoms with E-state index in [4.69, 9.17) is 0 Å². The lowest BCUT2D eigenvalue weighted by molar-refractivity contribution is -0.497. The molecule has 25 heavy (non-hydrogen) atoms. The lowest BCUT2D eigenvalue weighted by Crippen LogP contribution is -2.18. The van der Waals surface area contributed by atoms with E-state index < -0.39 is 34.5 Å². The standard InChI is InChI=1S/C15H12F3N3O3S/c16-15(17,18)9-3-1-2-8(4-9)5-10-7-19-14(25-10)20-13(22)11-6-12(11)21(23)24/h1-4,7,11-12H,5-6H2,(H,19,20,22)/t11-,12+/m0/s1. The molecule has 0 radical (unpaired) electrons. The number of thiazole rings is 1. The summed E-state index contributed by atoms with van der Waals surface area (Å²) in [5.74, 6) is -1.10. The molecule has 10 heteroatoms. The number of halogens is 3. The molecular weight excluding hydrogens is 359 g/mol. The van der Waals surface area contributed by atoms with Crippen LogP contribution in [0.1, 0.15) is 22.4 Å². The van der Waals surface area contributed by atoms with Gasteiger partial charge in [-0.15, -0.1) is 11.3 Å². The topological polar surface area (TPSA) is 85.1 Å². The summed E-state index contributed by atoms with van der Waals surface area (Å²) in [7, 11) is 0. The molecule has 1 amide bonds. The number of hydrogen-bond acceptors (Lipinski definition) is 5. The SMILES string of the molecule is O=C(Nc1ncc(Cc2cccc(C(F)(F)F)c2)s1)[C@H]1C[C@H]1[N+](=O)[O-]. The molecule has 6 nitrogen and oxygen atoms in total. The van der Waals surface area contributed by atoms with Gasteiger partial charge in [-0.05, 0) is 11.6 Å². The van der Waals surface area contributed by atoms with Crippen LogP contribution in [-0.2, 0) is 17.4 Å². The van der Waals surface area contributed by atoms with Crippen molar-refractivity contribution in [1.82, 2.24) is 4.98 Å². The van der Waals surface area contributed by atoms with Gasteiger partial charge in [0.15, 0.2) is 5.13 Å². The first-order valence-electron chi connectivity index (χ1n) is 7.29. The summed E-state index contributed by atoms with van der Waals surface area (Å²) in [4.78, 5) is 26.6. The van der Waals surface area contributed by atoms with E-state index in [-0.39, 0.29) is 18.0 Å². The third-order valence-electron chi connectivity index (χ3n) is 3.78. The Bertz CT molecular complexity index is 822. The van der Waals surface area contributed by atoms with Gasteiger partial charge in [0.25, 0.3) is 0 Å². The van der Waals surface area contributed by atoms with Gasteiger partial charge < -0.3 is 5.32 Å². The average Bonchev–Trinajstić information content (AvgIpc) is 3.23. The Morgan fingerprint density at radius 3 is 2.84 bits per heavy atom. The molecule has 2 atom stereocenters. The molecule has 1 fully saturated rings. The molecule has 1 aromatic heterocycles. The number of hydrogen-bond donors (Lipinski definition) is 1. The molecule has 3 rings (SSSR count). The maximum absolute atomic E-state index is 12.7. The predicted octanol–water partition coefficient (Wildman–Crippen LogP) is 3.36. The van der Waals surface area contributed by atoms with E-state index in [0.717, 1.165) is 23.5 Å². The number of alkyl halides is 3. The third-order valence-corrected chi connectivity index (χ3v) is 4.69. The predicted molar refractivity (Wildman–Crippen MR) is 83.9 cm³/mol. The van der Waals surface area contributed by atoms with Crippen LogP contribution >= 0.6 is 11.3 Å². The maximum atomic E-state index is 12.7. The molecule has 1 saturated carbocycles. The van der Waals surface area contributed by atoms with Crippen molar-refractivity contribution in [2.45, 2.75) is 25.1 Å². The monoisotopic (exact) mass is 371 g/mol. The van der Waals surface area contributed by atoms with Crippen LogP contribution in [-0.4, -0.2) is 21.9 Å². The number of carbonyl (C=O) groups excluding carboxylic acids is 1. The van der Waals surface area contributed by atoms with Crippen molar-refractivity contribution in [3.63, 3.8) is 0 Å². The molecule has 2 aromatic rings. The quantitative estimate of drug-likeness (QED) is 0.645. The zero-order valence-corrected chi connectivity index (χ0v) is 13.4. The minimum absolute atomic E-state index is 0.210. The number of anilines is 1. The highest BCUT2D eigenvalue weighted by atomic mass is 32.1. The fraction of sp³-hybridized carbons (Fsp3) is 0.333. The second-order valence-electron chi connectivity index (χ2n) is 5.69. The molecular formula is C15H12F3N3O3S. The van der Waals surface area contributed by atoms with E-state index >= 15 is 0 Å². The number of nitrogens with one attached hydrogen (secondary N) is 1. The first-order chi connectivity index (χ1) is 11.7. The normalized spacial score (nSPS) is 19.5. The van der Waals surface area contributed by atoms with E-state index in [9.17, 15) is 28.1 Å². The van der Waals surface area contributed by atoms with Gasteiger partial charge in [0.05, 0.1) is 5.56 Å². The van der Waals surface area contributed by atoms with Crippen LogP contribution in [0.2, 0.25) is 0 Å². The van der Waals surface area contributed by atoms with Crippen LogP contribution in [0.5, 0.6) is 0 Å². The Hall–Kier alpha value is -2.49. The number of aromatic nitrogens is 1. The Morgan fingerprint density at radius 2 is 2.20 bits per heavy atom. The number of carbonyl (C=O) groups is 1. The zero-order valence-electron chi connectivity index (χ0n) is 12.6. The molecule has 1 aliphatic carbocycles. The van der Waals surface area contributed by atoms with E-state index in [0.29, 0.717) is 10.4 Å². The van der Waals surface area contributed by atoms with Crippen LogP contribution in [0.3, 0.4) is 0 Å². The van der Waals surface area contributed by atoms with E-state index in [1.165, 1.54) is 12.3 Å². The molecule has 1 heterocycles. The lowest BCUT2D eigenvalue weighted by Gasteiger charge is -2.07. The minimum Gasteiger partial charge on any atom is -0.301 e. The maximum Gasteiger partial charge on any atom is 0.416 e. The Kier molecular flexibility index (Phi) is 4.46. The largest absolute Gasteiger partial charge is 0.416 e. The van der Waals surface area contributed by atoms with Crippen molar-refractivity contribution in [1.29, 1.82) is 0 Å². The molecule has 0 saturated heterocycles. The highest BCUT2D eigenvalue weighted by molar-refractivity contribution is 7.15. The first-order valence-corrected chi connectivity index (χ1v) is 8.11. The summed E-state index contributed by atoms with van der Waals surface area (Å²) in [6.07, 6.45) is -2.47.